The smallest absolute Gasteiger partial charge is 0.416 e. The van der Waals surface area contributed by atoms with Crippen LogP contribution in [0.4, 0.5) is 18.9 Å². The first-order valence-corrected chi connectivity index (χ1v) is 6.25. The van der Waals surface area contributed by atoms with Crippen LogP contribution in [0.15, 0.2) is 40.8 Å². The van der Waals surface area contributed by atoms with Crippen LogP contribution in [-0.2, 0) is 6.18 Å². The third-order valence-electron chi connectivity index (χ3n) is 2.96. The molecule has 2 N–H and O–H groups in total. The second-order valence-electron chi connectivity index (χ2n) is 4.44. The van der Waals surface area contributed by atoms with E-state index in [4.69, 9.17) is 21.8 Å². The van der Waals surface area contributed by atoms with E-state index in [0.29, 0.717) is 16.3 Å². The molecule has 1 aromatic heterocycles. The lowest BCUT2D eigenvalue weighted by molar-refractivity contribution is -0.137. The minimum Gasteiger partial charge on any atom is -0.436 e. The van der Waals surface area contributed by atoms with E-state index < -0.39 is 11.7 Å². The van der Waals surface area contributed by atoms with E-state index in [9.17, 15) is 13.2 Å². The van der Waals surface area contributed by atoms with Crippen molar-refractivity contribution in [2.24, 2.45) is 0 Å². The van der Waals surface area contributed by atoms with Crippen LogP contribution >= 0.6 is 11.6 Å². The first kappa shape index (κ1) is 13.8. The minimum absolute atomic E-state index is 0.132. The Kier molecular flexibility index (Phi) is 3.06. The summed E-state index contributed by atoms with van der Waals surface area (Å²) in [6, 6.07) is 7.90. The van der Waals surface area contributed by atoms with E-state index in [0.717, 1.165) is 12.1 Å². The topological polar surface area (TPSA) is 52.0 Å². The second kappa shape index (κ2) is 4.66. The molecule has 108 valence electrons. The molecule has 21 heavy (non-hydrogen) atoms. The van der Waals surface area contributed by atoms with Gasteiger partial charge in [-0.15, -0.1) is 0 Å². The highest BCUT2D eigenvalue weighted by Crippen LogP contribution is 2.33. The summed E-state index contributed by atoms with van der Waals surface area (Å²) in [4.78, 5) is 4.06. The van der Waals surface area contributed by atoms with Gasteiger partial charge < -0.3 is 10.2 Å². The fourth-order valence-corrected chi connectivity index (χ4v) is 2.07. The number of nitrogen functional groups attached to an aromatic ring is 1. The van der Waals surface area contributed by atoms with Crippen LogP contribution in [-0.4, -0.2) is 4.98 Å². The van der Waals surface area contributed by atoms with E-state index in [1.165, 1.54) is 6.07 Å². The Morgan fingerprint density at radius 2 is 1.86 bits per heavy atom. The molecule has 0 bridgehead atoms. The standard InChI is InChI=1S/C14H8ClF3N2O/c15-9-5-7(1-3-10(9)19)13-20-11-6-8(14(16,17)18)2-4-12(11)21-13/h1-6H,19H2. The normalized spacial score (nSPS) is 12.0. The lowest BCUT2D eigenvalue weighted by atomic mass is 10.2. The highest BCUT2D eigenvalue weighted by atomic mass is 35.5. The Morgan fingerprint density at radius 3 is 2.52 bits per heavy atom. The molecule has 7 heteroatoms. The van der Waals surface area contributed by atoms with Crippen LogP contribution in [0.2, 0.25) is 5.02 Å². The zero-order chi connectivity index (χ0) is 15.2. The number of rotatable bonds is 1. The summed E-state index contributed by atoms with van der Waals surface area (Å²) in [7, 11) is 0. The van der Waals surface area contributed by atoms with Crippen molar-refractivity contribution in [2.75, 3.05) is 5.73 Å². The largest absolute Gasteiger partial charge is 0.436 e. The average molecular weight is 313 g/mol. The van der Waals surface area contributed by atoms with Crippen molar-refractivity contribution >= 4 is 28.4 Å². The molecule has 0 saturated carbocycles. The van der Waals surface area contributed by atoms with Gasteiger partial charge in [0.1, 0.15) is 5.52 Å². The van der Waals surface area contributed by atoms with Crippen LogP contribution in [0.25, 0.3) is 22.6 Å². The Hall–Kier alpha value is -2.21. The molecule has 3 aromatic rings. The number of fused-ring (bicyclic) bond motifs is 1. The second-order valence-corrected chi connectivity index (χ2v) is 4.84. The van der Waals surface area contributed by atoms with Gasteiger partial charge in [0.15, 0.2) is 5.58 Å². The summed E-state index contributed by atoms with van der Waals surface area (Å²) < 4.78 is 43.4. The zero-order valence-corrected chi connectivity index (χ0v) is 11.2. The van der Waals surface area contributed by atoms with E-state index in [-0.39, 0.29) is 17.0 Å². The summed E-state index contributed by atoms with van der Waals surface area (Å²) in [6.45, 7) is 0. The van der Waals surface area contributed by atoms with Gasteiger partial charge in [0, 0.05) is 5.56 Å². The predicted molar refractivity (Wildman–Crippen MR) is 73.9 cm³/mol. The van der Waals surface area contributed by atoms with Gasteiger partial charge in [-0.3, -0.25) is 0 Å². The van der Waals surface area contributed by atoms with E-state index in [2.05, 4.69) is 4.98 Å². The summed E-state index contributed by atoms with van der Waals surface area (Å²) in [5, 5.41) is 0.325. The van der Waals surface area contributed by atoms with Crippen molar-refractivity contribution in [2.45, 2.75) is 6.18 Å². The number of nitrogens with zero attached hydrogens (tertiary/aromatic N) is 1. The van der Waals surface area contributed by atoms with Crippen molar-refractivity contribution in [3.63, 3.8) is 0 Å². The Balaban J connectivity index is 2.10. The summed E-state index contributed by atoms with van der Waals surface area (Å²) in [5.74, 6) is 0.186. The summed E-state index contributed by atoms with van der Waals surface area (Å²) >= 11 is 5.90. The lowest BCUT2D eigenvalue weighted by Crippen LogP contribution is -2.03. The van der Waals surface area contributed by atoms with Crippen LogP contribution in [0.1, 0.15) is 5.56 Å². The first-order valence-electron chi connectivity index (χ1n) is 5.88. The number of nitrogens with two attached hydrogens (primary N) is 1. The van der Waals surface area contributed by atoms with Gasteiger partial charge in [0.2, 0.25) is 5.89 Å². The van der Waals surface area contributed by atoms with E-state index in [1.54, 1.807) is 18.2 Å². The molecule has 0 spiro atoms. The van der Waals surface area contributed by atoms with Crippen molar-refractivity contribution in [1.82, 2.24) is 4.98 Å². The zero-order valence-electron chi connectivity index (χ0n) is 10.4. The number of halogens is 4. The van der Waals surface area contributed by atoms with Gasteiger partial charge in [0.05, 0.1) is 16.3 Å². The van der Waals surface area contributed by atoms with Crippen LogP contribution in [0.3, 0.4) is 0 Å². The van der Waals surface area contributed by atoms with Crippen LogP contribution in [0.5, 0.6) is 0 Å². The molecule has 0 saturated heterocycles. The minimum atomic E-state index is -4.42. The fraction of sp³-hybridized carbons (Fsp3) is 0.0714. The maximum absolute atomic E-state index is 12.7. The number of benzene rings is 2. The maximum Gasteiger partial charge on any atom is 0.416 e. The molecule has 0 aliphatic heterocycles. The van der Waals surface area contributed by atoms with Crippen LogP contribution < -0.4 is 5.73 Å². The van der Waals surface area contributed by atoms with Gasteiger partial charge in [-0.05, 0) is 36.4 Å². The molecule has 0 radical (unpaired) electrons. The molecule has 1 heterocycles. The number of alkyl halides is 3. The molecule has 0 amide bonds. The fourth-order valence-electron chi connectivity index (χ4n) is 1.89. The van der Waals surface area contributed by atoms with Crippen molar-refractivity contribution in [3.8, 4) is 11.5 Å². The monoisotopic (exact) mass is 312 g/mol. The summed E-state index contributed by atoms with van der Waals surface area (Å²) in [5.41, 5.74) is 6.17. The molecule has 0 fully saturated rings. The Morgan fingerprint density at radius 1 is 1.10 bits per heavy atom. The molecule has 3 rings (SSSR count). The number of hydrogen-bond acceptors (Lipinski definition) is 3. The van der Waals surface area contributed by atoms with Crippen molar-refractivity contribution < 1.29 is 17.6 Å². The molecule has 3 nitrogen and oxygen atoms in total. The molecule has 2 aromatic carbocycles. The molecule has 0 aliphatic carbocycles. The molecular weight excluding hydrogens is 305 g/mol. The number of aromatic nitrogens is 1. The van der Waals surface area contributed by atoms with E-state index in [1.807, 2.05) is 0 Å². The Labute approximate surface area is 122 Å². The van der Waals surface area contributed by atoms with Crippen molar-refractivity contribution in [3.05, 3.63) is 47.0 Å². The molecule has 0 aliphatic rings. The molecule has 0 atom stereocenters. The lowest BCUT2D eigenvalue weighted by Gasteiger charge is -2.04. The van der Waals surface area contributed by atoms with Crippen molar-refractivity contribution in [1.29, 1.82) is 0 Å². The third kappa shape index (κ3) is 2.54. The van der Waals surface area contributed by atoms with E-state index >= 15 is 0 Å². The first-order chi connectivity index (χ1) is 9.84. The third-order valence-corrected chi connectivity index (χ3v) is 3.29. The number of hydrogen-bond donors (Lipinski definition) is 1. The number of anilines is 1. The van der Waals surface area contributed by atoms with Gasteiger partial charge in [0.25, 0.3) is 0 Å². The Bertz CT molecular complexity index is 827. The maximum atomic E-state index is 12.7. The van der Waals surface area contributed by atoms with Gasteiger partial charge in [-0.25, -0.2) is 4.98 Å². The van der Waals surface area contributed by atoms with Gasteiger partial charge >= 0.3 is 6.18 Å². The SMILES string of the molecule is Nc1ccc(-c2nc3cc(C(F)(F)F)ccc3o2)cc1Cl. The summed E-state index contributed by atoms with van der Waals surface area (Å²) in [6.07, 6.45) is -4.42. The number of oxazole rings is 1. The average Bonchev–Trinajstić information content (AvgIpc) is 2.83. The van der Waals surface area contributed by atoms with Gasteiger partial charge in [-0.1, -0.05) is 11.6 Å². The quantitative estimate of drug-likeness (QED) is 0.660. The van der Waals surface area contributed by atoms with Crippen LogP contribution in [0, 0.1) is 0 Å². The predicted octanol–water partition coefficient (Wildman–Crippen LogP) is 4.75. The highest BCUT2D eigenvalue weighted by Gasteiger charge is 2.31. The molecule has 0 unspecified atom stereocenters. The molecular formula is C14H8ClF3N2O. The highest BCUT2D eigenvalue weighted by molar-refractivity contribution is 6.33. The van der Waals surface area contributed by atoms with Gasteiger partial charge in [-0.2, -0.15) is 13.2 Å².